The molecule has 1 unspecified atom stereocenters. The zero-order valence-corrected chi connectivity index (χ0v) is 12.5. The number of rotatable bonds is 4. The molecular formula is C16H26FN. The summed E-state index contributed by atoms with van der Waals surface area (Å²) in [7, 11) is 0. The normalized spacial score (nSPS) is 13.7. The van der Waals surface area contributed by atoms with Crippen molar-refractivity contribution in [2.45, 2.75) is 54.0 Å². The van der Waals surface area contributed by atoms with Gasteiger partial charge in [0.1, 0.15) is 5.82 Å². The molecule has 1 aromatic rings. The van der Waals surface area contributed by atoms with E-state index in [0.29, 0.717) is 0 Å². The average Bonchev–Trinajstić information content (AvgIpc) is 2.19. The molecule has 0 radical (unpaired) electrons. The first kappa shape index (κ1) is 15.2. The molecule has 0 bridgehead atoms. The Morgan fingerprint density at radius 3 is 2.28 bits per heavy atom. The Morgan fingerprint density at radius 2 is 1.83 bits per heavy atom. The lowest BCUT2D eigenvalue weighted by atomic mass is 9.80. The smallest absolute Gasteiger partial charge is 0.128 e. The molecule has 102 valence electrons. The molecule has 0 heterocycles. The van der Waals surface area contributed by atoms with Crippen molar-refractivity contribution in [1.82, 2.24) is 5.32 Å². The van der Waals surface area contributed by atoms with Crippen LogP contribution in [-0.4, -0.2) is 6.54 Å². The van der Waals surface area contributed by atoms with E-state index in [9.17, 15) is 4.39 Å². The SMILES string of the molecule is CCCNC(c1c(C)cc(C)cc1F)C(C)(C)C. The summed E-state index contributed by atoms with van der Waals surface area (Å²) in [6.07, 6.45) is 1.05. The molecule has 1 rings (SSSR count). The van der Waals surface area contributed by atoms with Gasteiger partial charge in [-0.05, 0) is 49.4 Å². The van der Waals surface area contributed by atoms with Gasteiger partial charge in [-0.15, -0.1) is 0 Å². The van der Waals surface area contributed by atoms with Crippen LogP contribution in [0.1, 0.15) is 56.8 Å². The van der Waals surface area contributed by atoms with E-state index in [-0.39, 0.29) is 17.3 Å². The molecular weight excluding hydrogens is 225 g/mol. The van der Waals surface area contributed by atoms with E-state index in [0.717, 1.165) is 29.7 Å². The van der Waals surface area contributed by atoms with Gasteiger partial charge in [0.05, 0.1) is 0 Å². The van der Waals surface area contributed by atoms with Gasteiger partial charge < -0.3 is 5.32 Å². The lowest BCUT2D eigenvalue weighted by molar-refractivity contribution is 0.266. The predicted molar refractivity (Wildman–Crippen MR) is 76.4 cm³/mol. The maximum Gasteiger partial charge on any atom is 0.128 e. The lowest BCUT2D eigenvalue weighted by Gasteiger charge is -2.33. The fourth-order valence-electron chi connectivity index (χ4n) is 2.42. The second-order valence-corrected chi connectivity index (χ2v) is 6.23. The summed E-state index contributed by atoms with van der Waals surface area (Å²) in [5.74, 6) is -0.0870. The van der Waals surface area contributed by atoms with Crippen molar-refractivity contribution in [3.63, 3.8) is 0 Å². The standard InChI is InChI=1S/C16H26FN/c1-7-8-18-15(16(4,5)6)14-12(3)9-11(2)10-13(14)17/h9-10,15,18H,7-8H2,1-6H3. The molecule has 0 aromatic heterocycles. The monoisotopic (exact) mass is 251 g/mol. The topological polar surface area (TPSA) is 12.0 Å². The Balaban J connectivity index is 3.21. The Hall–Kier alpha value is -0.890. The third kappa shape index (κ3) is 3.55. The van der Waals surface area contributed by atoms with E-state index in [1.807, 2.05) is 13.8 Å². The van der Waals surface area contributed by atoms with Crippen LogP contribution in [0.15, 0.2) is 12.1 Å². The van der Waals surface area contributed by atoms with E-state index >= 15 is 0 Å². The van der Waals surface area contributed by atoms with Crippen LogP contribution in [-0.2, 0) is 0 Å². The number of benzene rings is 1. The second-order valence-electron chi connectivity index (χ2n) is 6.23. The van der Waals surface area contributed by atoms with Crippen LogP contribution in [0.3, 0.4) is 0 Å². The second kappa shape index (κ2) is 5.83. The number of hydrogen-bond acceptors (Lipinski definition) is 1. The Labute approximate surface area is 111 Å². The first-order chi connectivity index (χ1) is 8.27. The summed E-state index contributed by atoms with van der Waals surface area (Å²) in [5, 5.41) is 3.49. The molecule has 0 aliphatic carbocycles. The van der Waals surface area contributed by atoms with Crippen LogP contribution in [0, 0.1) is 25.1 Å². The van der Waals surface area contributed by atoms with Crippen LogP contribution >= 0.6 is 0 Å². The average molecular weight is 251 g/mol. The molecule has 1 atom stereocenters. The van der Waals surface area contributed by atoms with Gasteiger partial charge in [-0.1, -0.05) is 33.8 Å². The zero-order valence-electron chi connectivity index (χ0n) is 12.5. The summed E-state index contributed by atoms with van der Waals surface area (Å²) in [6.45, 7) is 13.4. The minimum Gasteiger partial charge on any atom is -0.309 e. The maximum absolute atomic E-state index is 14.3. The van der Waals surface area contributed by atoms with Gasteiger partial charge in [0.2, 0.25) is 0 Å². The highest BCUT2D eigenvalue weighted by Crippen LogP contribution is 2.36. The van der Waals surface area contributed by atoms with Gasteiger partial charge in [-0.25, -0.2) is 4.39 Å². The number of nitrogens with one attached hydrogen (secondary N) is 1. The van der Waals surface area contributed by atoms with E-state index in [2.05, 4.69) is 39.1 Å². The third-order valence-electron chi connectivity index (χ3n) is 3.23. The highest BCUT2D eigenvalue weighted by molar-refractivity contribution is 5.35. The molecule has 1 aromatic carbocycles. The van der Waals surface area contributed by atoms with Gasteiger partial charge in [0, 0.05) is 11.6 Å². The summed E-state index contributed by atoms with van der Waals surface area (Å²) in [6, 6.07) is 3.75. The van der Waals surface area contributed by atoms with E-state index in [1.54, 1.807) is 6.07 Å². The summed E-state index contributed by atoms with van der Waals surface area (Å²) < 4.78 is 14.3. The quantitative estimate of drug-likeness (QED) is 0.829. The van der Waals surface area contributed by atoms with Crippen molar-refractivity contribution in [2.75, 3.05) is 6.54 Å². The molecule has 0 saturated carbocycles. The summed E-state index contributed by atoms with van der Waals surface area (Å²) in [4.78, 5) is 0. The van der Waals surface area contributed by atoms with Crippen molar-refractivity contribution >= 4 is 0 Å². The molecule has 0 saturated heterocycles. The van der Waals surface area contributed by atoms with Gasteiger partial charge >= 0.3 is 0 Å². The molecule has 18 heavy (non-hydrogen) atoms. The van der Waals surface area contributed by atoms with Crippen LogP contribution in [0.5, 0.6) is 0 Å². The molecule has 0 spiro atoms. The first-order valence-corrected chi connectivity index (χ1v) is 6.77. The third-order valence-corrected chi connectivity index (χ3v) is 3.23. The highest BCUT2D eigenvalue weighted by Gasteiger charge is 2.29. The molecule has 0 amide bonds. The van der Waals surface area contributed by atoms with Crippen LogP contribution in [0.25, 0.3) is 0 Å². The molecule has 1 nitrogen and oxygen atoms in total. The Kier molecular flexibility index (Phi) is 4.92. The summed E-state index contributed by atoms with van der Waals surface area (Å²) >= 11 is 0. The molecule has 0 aliphatic rings. The molecule has 0 aliphatic heterocycles. The van der Waals surface area contributed by atoms with Gasteiger partial charge in [-0.3, -0.25) is 0 Å². The molecule has 1 N–H and O–H groups in total. The minimum absolute atomic E-state index is 0.00394. The van der Waals surface area contributed by atoms with Crippen molar-refractivity contribution in [2.24, 2.45) is 5.41 Å². The largest absolute Gasteiger partial charge is 0.309 e. The van der Waals surface area contributed by atoms with Crippen LogP contribution < -0.4 is 5.32 Å². The molecule has 0 fully saturated rings. The van der Waals surface area contributed by atoms with Gasteiger partial charge in [0.25, 0.3) is 0 Å². The number of aryl methyl sites for hydroxylation is 2. The van der Waals surface area contributed by atoms with Gasteiger partial charge in [0.15, 0.2) is 0 Å². The minimum atomic E-state index is -0.0870. The lowest BCUT2D eigenvalue weighted by Crippen LogP contribution is -2.34. The van der Waals surface area contributed by atoms with E-state index in [1.165, 1.54) is 0 Å². The molecule has 2 heteroatoms. The maximum atomic E-state index is 14.3. The number of hydrogen-bond donors (Lipinski definition) is 1. The van der Waals surface area contributed by atoms with E-state index in [4.69, 9.17) is 0 Å². The first-order valence-electron chi connectivity index (χ1n) is 6.77. The van der Waals surface area contributed by atoms with E-state index < -0.39 is 0 Å². The zero-order chi connectivity index (χ0) is 13.9. The fourth-order valence-corrected chi connectivity index (χ4v) is 2.42. The van der Waals surface area contributed by atoms with Crippen LogP contribution in [0.2, 0.25) is 0 Å². The Morgan fingerprint density at radius 1 is 1.22 bits per heavy atom. The fraction of sp³-hybridized carbons (Fsp3) is 0.625. The predicted octanol–water partition coefficient (Wildman–Crippen LogP) is 4.53. The Bertz CT molecular complexity index is 381. The van der Waals surface area contributed by atoms with Crippen molar-refractivity contribution in [3.8, 4) is 0 Å². The van der Waals surface area contributed by atoms with Gasteiger partial charge in [-0.2, -0.15) is 0 Å². The highest BCUT2D eigenvalue weighted by atomic mass is 19.1. The van der Waals surface area contributed by atoms with Crippen molar-refractivity contribution in [3.05, 3.63) is 34.6 Å². The summed E-state index contributed by atoms with van der Waals surface area (Å²) in [5.41, 5.74) is 2.84. The number of halogens is 1. The van der Waals surface area contributed by atoms with Crippen molar-refractivity contribution in [1.29, 1.82) is 0 Å². The van der Waals surface area contributed by atoms with Crippen LogP contribution in [0.4, 0.5) is 4.39 Å². The van der Waals surface area contributed by atoms with Crippen molar-refractivity contribution < 1.29 is 4.39 Å².